The Morgan fingerprint density at radius 3 is 2.48 bits per heavy atom. The third-order valence-corrected chi connectivity index (χ3v) is 3.09. The average molecular weight is 321 g/mol. The van der Waals surface area contributed by atoms with Gasteiger partial charge in [0.2, 0.25) is 0 Å². The van der Waals surface area contributed by atoms with E-state index < -0.39 is 17.8 Å². The molecule has 1 aromatic carbocycles. The standard InChI is InChI=1S/C15H10F3N3O2/c16-15(17,18)12-11(9-5-2-1-3-6-9)13(21-20-12)19-14(22)10-7-4-8-23-10/h1-8H,(H2,19,20,21,22). The summed E-state index contributed by atoms with van der Waals surface area (Å²) in [5.74, 6) is -0.932. The molecule has 0 bridgehead atoms. The Balaban J connectivity index is 2.04. The summed E-state index contributed by atoms with van der Waals surface area (Å²) in [7, 11) is 0. The number of nitrogens with zero attached hydrogens (tertiary/aromatic N) is 1. The van der Waals surface area contributed by atoms with Crippen molar-refractivity contribution in [3.63, 3.8) is 0 Å². The molecule has 0 saturated heterocycles. The molecule has 3 rings (SSSR count). The van der Waals surface area contributed by atoms with E-state index in [1.165, 1.54) is 30.5 Å². The lowest BCUT2D eigenvalue weighted by atomic mass is 10.1. The quantitative estimate of drug-likeness (QED) is 0.767. The van der Waals surface area contributed by atoms with Gasteiger partial charge in [0, 0.05) is 0 Å². The van der Waals surface area contributed by atoms with Gasteiger partial charge in [-0.15, -0.1) is 0 Å². The smallest absolute Gasteiger partial charge is 0.433 e. The van der Waals surface area contributed by atoms with Crippen LogP contribution in [0.25, 0.3) is 11.1 Å². The number of rotatable bonds is 3. The van der Waals surface area contributed by atoms with E-state index in [9.17, 15) is 18.0 Å². The second-order valence-electron chi connectivity index (χ2n) is 4.62. The van der Waals surface area contributed by atoms with Gasteiger partial charge < -0.3 is 9.73 Å². The molecule has 0 fully saturated rings. The second-order valence-corrected chi connectivity index (χ2v) is 4.62. The number of anilines is 1. The molecule has 0 saturated carbocycles. The number of hydrogen-bond donors (Lipinski definition) is 2. The van der Waals surface area contributed by atoms with Crippen molar-refractivity contribution in [2.45, 2.75) is 6.18 Å². The average Bonchev–Trinajstić information content (AvgIpc) is 3.17. The molecule has 118 valence electrons. The van der Waals surface area contributed by atoms with Crippen molar-refractivity contribution >= 4 is 11.7 Å². The van der Waals surface area contributed by atoms with Gasteiger partial charge in [-0.1, -0.05) is 30.3 Å². The highest BCUT2D eigenvalue weighted by Gasteiger charge is 2.38. The van der Waals surface area contributed by atoms with E-state index in [1.807, 2.05) is 5.10 Å². The molecule has 8 heteroatoms. The number of halogens is 3. The summed E-state index contributed by atoms with van der Waals surface area (Å²) in [4.78, 5) is 12.0. The van der Waals surface area contributed by atoms with Crippen LogP contribution in [0.3, 0.4) is 0 Å². The van der Waals surface area contributed by atoms with Crippen LogP contribution in [0, 0.1) is 0 Å². The Bertz CT molecular complexity index is 808. The van der Waals surface area contributed by atoms with Crippen molar-refractivity contribution in [1.82, 2.24) is 10.2 Å². The van der Waals surface area contributed by atoms with E-state index in [4.69, 9.17) is 4.42 Å². The number of furan rings is 1. The minimum atomic E-state index is -4.63. The zero-order valence-electron chi connectivity index (χ0n) is 11.5. The molecule has 23 heavy (non-hydrogen) atoms. The summed E-state index contributed by atoms with van der Waals surface area (Å²) in [6.45, 7) is 0. The zero-order valence-corrected chi connectivity index (χ0v) is 11.5. The van der Waals surface area contributed by atoms with Crippen molar-refractivity contribution in [2.75, 3.05) is 5.32 Å². The van der Waals surface area contributed by atoms with Gasteiger partial charge in [-0.05, 0) is 17.7 Å². The van der Waals surface area contributed by atoms with Crippen LogP contribution in [-0.4, -0.2) is 16.1 Å². The minimum Gasteiger partial charge on any atom is -0.459 e. The van der Waals surface area contributed by atoms with Crippen LogP contribution in [0.2, 0.25) is 0 Å². The molecule has 0 atom stereocenters. The van der Waals surface area contributed by atoms with Crippen LogP contribution >= 0.6 is 0 Å². The van der Waals surface area contributed by atoms with Gasteiger partial charge in [-0.3, -0.25) is 9.89 Å². The first kappa shape index (κ1) is 14.9. The topological polar surface area (TPSA) is 70.9 Å². The fraction of sp³-hybridized carbons (Fsp3) is 0.0667. The molecule has 3 aromatic rings. The Kier molecular flexibility index (Phi) is 3.65. The van der Waals surface area contributed by atoms with E-state index in [1.54, 1.807) is 18.2 Å². The second kappa shape index (κ2) is 5.64. The fourth-order valence-corrected chi connectivity index (χ4v) is 2.10. The Labute approximate surface area is 128 Å². The molecule has 0 aliphatic heterocycles. The summed E-state index contributed by atoms with van der Waals surface area (Å²) in [6, 6.07) is 10.8. The molecule has 2 N–H and O–H groups in total. The number of carbonyl (C=O) groups excluding carboxylic acids is 1. The normalized spacial score (nSPS) is 11.4. The molecular weight excluding hydrogens is 311 g/mol. The molecule has 0 spiro atoms. The van der Waals surface area contributed by atoms with Crippen molar-refractivity contribution in [3.05, 3.63) is 60.2 Å². The first-order valence-corrected chi connectivity index (χ1v) is 6.52. The van der Waals surface area contributed by atoms with Crippen molar-refractivity contribution < 1.29 is 22.4 Å². The summed E-state index contributed by atoms with van der Waals surface area (Å²) in [5.41, 5.74) is -0.972. The molecule has 0 aliphatic rings. The third-order valence-electron chi connectivity index (χ3n) is 3.09. The number of H-pyrrole nitrogens is 1. The van der Waals surface area contributed by atoms with E-state index >= 15 is 0 Å². The molecule has 2 heterocycles. The van der Waals surface area contributed by atoms with Crippen LogP contribution in [0.1, 0.15) is 16.2 Å². The first-order chi connectivity index (χ1) is 11.0. The van der Waals surface area contributed by atoms with Gasteiger partial charge in [0.05, 0.1) is 11.8 Å². The van der Waals surface area contributed by atoms with Crippen LogP contribution in [0.4, 0.5) is 19.0 Å². The minimum absolute atomic E-state index is 0.0272. The number of hydrogen-bond acceptors (Lipinski definition) is 3. The Hall–Kier alpha value is -3.03. The number of aromatic amines is 1. The summed E-state index contributed by atoms with van der Waals surface area (Å²) < 4.78 is 44.4. The van der Waals surface area contributed by atoms with E-state index in [-0.39, 0.29) is 22.7 Å². The number of nitrogens with one attached hydrogen (secondary N) is 2. The Morgan fingerprint density at radius 1 is 1.13 bits per heavy atom. The van der Waals surface area contributed by atoms with E-state index in [0.717, 1.165) is 0 Å². The Morgan fingerprint density at radius 2 is 1.87 bits per heavy atom. The van der Waals surface area contributed by atoms with E-state index in [0.29, 0.717) is 0 Å². The highest BCUT2D eigenvalue weighted by molar-refractivity contribution is 6.04. The maximum Gasteiger partial charge on any atom is 0.433 e. The SMILES string of the molecule is O=C(Nc1n[nH]c(C(F)(F)F)c1-c1ccccc1)c1ccco1. The largest absolute Gasteiger partial charge is 0.459 e. The number of amides is 1. The van der Waals surface area contributed by atoms with Gasteiger partial charge >= 0.3 is 6.18 Å². The highest BCUT2D eigenvalue weighted by atomic mass is 19.4. The summed E-state index contributed by atoms with van der Waals surface area (Å²) >= 11 is 0. The predicted molar refractivity (Wildman–Crippen MR) is 75.7 cm³/mol. The highest BCUT2D eigenvalue weighted by Crippen LogP contribution is 2.39. The van der Waals surface area contributed by atoms with Gasteiger partial charge in [0.15, 0.2) is 11.6 Å². The van der Waals surface area contributed by atoms with Gasteiger partial charge in [-0.2, -0.15) is 18.3 Å². The number of carbonyl (C=O) groups is 1. The van der Waals surface area contributed by atoms with Crippen LogP contribution in [0.15, 0.2) is 53.1 Å². The lowest BCUT2D eigenvalue weighted by Crippen LogP contribution is -2.12. The van der Waals surface area contributed by atoms with Crippen LogP contribution in [0.5, 0.6) is 0 Å². The van der Waals surface area contributed by atoms with E-state index in [2.05, 4.69) is 10.4 Å². The van der Waals surface area contributed by atoms with Crippen molar-refractivity contribution in [2.24, 2.45) is 0 Å². The van der Waals surface area contributed by atoms with Crippen LogP contribution in [-0.2, 0) is 6.18 Å². The number of aromatic nitrogens is 2. The summed E-state index contributed by atoms with van der Waals surface area (Å²) in [5, 5.41) is 7.86. The number of benzene rings is 1. The molecule has 0 radical (unpaired) electrons. The fourth-order valence-electron chi connectivity index (χ4n) is 2.10. The monoisotopic (exact) mass is 321 g/mol. The molecule has 2 aromatic heterocycles. The summed E-state index contributed by atoms with van der Waals surface area (Å²) in [6.07, 6.45) is -3.34. The van der Waals surface area contributed by atoms with Crippen molar-refractivity contribution in [3.8, 4) is 11.1 Å². The molecular formula is C15H10F3N3O2. The molecule has 1 amide bonds. The lowest BCUT2D eigenvalue weighted by molar-refractivity contribution is -0.140. The first-order valence-electron chi connectivity index (χ1n) is 6.52. The van der Waals surface area contributed by atoms with Gasteiger partial charge in [0.1, 0.15) is 5.69 Å². The molecule has 5 nitrogen and oxygen atoms in total. The molecule has 0 aliphatic carbocycles. The van der Waals surface area contributed by atoms with Crippen LogP contribution < -0.4 is 5.32 Å². The van der Waals surface area contributed by atoms with Gasteiger partial charge in [0.25, 0.3) is 5.91 Å². The predicted octanol–water partition coefficient (Wildman–Crippen LogP) is 3.94. The lowest BCUT2D eigenvalue weighted by Gasteiger charge is -2.09. The maximum absolute atomic E-state index is 13.2. The zero-order chi connectivity index (χ0) is 16.4. The maximum atomic E-state index is 13.2. The number of alkyl halides is 3. The molecule has 0 unspecified atom stereocenters. The van der Waals surface area contributed by atoms with Gasteiger partial charge in [-0.25, -0.2) is 0 Å². The van der Waals surface area contributed by atoms with Crippen molar-refractivity contribution in [1.29, 1.82) is 0 Å². The third kappa shape index (κ3) is 2.96.